The molecule has 3 aromatic rings. The van der Waals surface area contributed by atoms with E-state index in [2.05, 4.69) is 9.62 Å². The number of carbonyl (C=O) groups is 1. The van der Waals surface area contributed by atoms with Crippen molar-refractivity contribution in [3.63, 3.8) is 0 Å². The van der Waals surface area contributed by atoms with Crippen LogP contribution in [-0.4, -0.2) is 69.1 Å². The first kappa shape index (κ1) is 29.3. The smallest absolute Gasteiger partial charge is 0.333 e. The summed E-state index contributed by atoms with van der Waals surface area (Å²) in [6, 6.07) is 23.0. The average molecular weight is 586 g/mol. The predicted molar refractivity (Wildman–Crippen MR) is 152 cm³/mol. The predicted octanol–water partition coefficient (Wildman–Crippen LogP) is 5.41. The van der Waals surface area contributed by atoms with Gasteiger partial charge in [-0.3, -0.25) is 4.79 Å². The highest BCUT2D eigenvalue weighted by Gasteiger charge is 2.40. The lowest BCUT2D eigenvalue weighted by molar-refractivity contribution is -0.161. The van der Waals surface area contributed by atoms with Crippen LogP contribution < -0.4 is 4.72 Å². The molecule has 0 bridgehead atoms. The zero-order valence-corrected chi connectivity index (χ0v) is 23.5. The van der Waals surface area contributed by atoms with Gasteiger partial charge < -0.3 is 9.80 Å². The summed E-state index contributed by atoms with van der Waals surface area (Å²) < 4.78 is 68.7. The molecule has 218 valence electrons. The Hall–Kier alpha value is -3.21. The number of alkyl halides is 3. The number of halogens is 3. The molecule has 1 heterocycles. The zero-order chi connectivity index (χ0) is 29.0. The van der Waals surface area contributed by atoms with E-state index in [4.69, 9.17) is 0 Å². The molecule has 0 saturated carbocycles. The van der Waals surface area contributed by atoms with Crippen molar-refractivity contribution in [2.45, 2.75) is 48.7 Å². The average Bonchev–Trinajstić information content (AvgIpc) is 3.29. The number of nitrogens with one attached hydrogen (secondary N) is 1. The number of hydrogen-bond donors (Lipinski definition) is 1. The summed E-state index contributed by atoms with van der Waals surface area (Å²) in [4.78, 5) is 17.1. The molecule has 41 heavy (non-hydrogen) atoms. The van der Waals surface area contributed by atoms with Gasteiger partial charge in [-0.1, -0.05) is 66.7 Å². The molecule has 2 aliphatic rings. The van der Waals surface area contributed by atoms with Crippen LogP contribution in [-0.2, 0) is 14.8 Å². The number of piperidine rings is 1. The van der Waals surface area contributed by atoms with Gasteiger partial charge in [0.05, 0.1) is 10.8 Å². The molecule has 0 unspecified atom stereocenters. The van der Waals surface area contributed by atoms with E-state index in [1.807, 2.05) is 48.5 Å². The second kappa shape index (κ2) is 12.3. The number of unbranched alkanes of at least 4 members (excludes halogenated alkanes) is 1. The Labute approximate surface area is 239 Å². The van der Waals surface area contributed by atoms with Crippen LogP contribution in [0, 0.1) is 0 Å². The second-order valence-electron chi connectivity index (χ2n) is 10.7. The fourth-order valence-electron chi connectivity index (χ4n) is 5.89. The maximum atomic E-state index is 13.7. The third-order valence-electron chi connectivity index (χ3n) is 7.88. The van der Waals surface area contributed by atoms with Gasteiger partial charge >= 0.3 is 6.18 Å². The fraction of sp³-hybridized carbons (Fsp3) is 0.387. The molecular formula is C31H34F3N3O3S. The molecule has 1 aliphatic heterocycles. The third-order valence-corrected chi connectivity index (χ3v) is 9.41. The van der Waals surface area contributed by atoms with Gasteiger partial charge in [0.2, 0.25) is 15.9 Å². The lowest BCUT2D eigenvalue weighted by Gasteiger charge is -2.32. The van der Waals surface area contributed by atoms with Gasteiger partial charge in [0.25, 0.3) is 0 Å². The molecule has 1 amide bonds. The fourth-order valence-corrected chi connectivity index (χ4v) is 7.21. The third kappa shape index (κ3) is 6.99. The number of carbonyl (C=O) groups excluding carboxylic acids is 1. The quantitative estimate of drug-likeness (QED) is 0.323. The van der Waals surface area contributed by atoms with Crippen LogP contribution in [0.4, 0.5) is 13.2 Å². The normalized spacial score (nSPS) is 16.4. The van der Waals surface area contributed by atoms with Gasteiger partial charge in [0.15, 0.2) is 0 Å². The maximum absolute atomic E-state index is 13.7. The Balaban J connectivity index is 1.15. The summed E-state index contributed by atoms with van der Waals surface area (Å²) >= 11 is 0. The molecular weight excluding hydrogens is 551 g/mol. The number of nitrogens with zero attached hydrogens (tertiary/aromatic N) is 2. The van der Waals surface area contributed by atoms with Crippen molar-refractivity contribution in [1.29, 1.82) is 0 Å². The van der Waals surface area contributed by atoms with Crippen LogP contribution in [0.2, 0.25) is 0 Å². The van der Waals surface area contributed by atoms with Gasteiger partial charge in [-0.2, -0.15) is 13.2 Å². The highest BCUT2D eigenvalue weighted by Crippen LogP contribution is 2.45. The lowest BCUT2D eigenvalue weighted by Crippen LogP contribution is -2.45. The molecule has 3 aromatic carbocycles. The van der Waals surface area contributed by atoms with Crippen molar-refractivity contribution in [2.24, 2.45) is 0 Å². The van der Waals surface area contributed by atoms with Gasteiger partial charge in [0, 0.05) is 12.6 Å². The number of fused-ring (bicyclic) bond motifs is 3. The van der Waals surface area contributed by atoms with Crippen LogP contribution in [0.5, 0.6) is 0 Å². The van der Waals surface area contributed by atoms with E-state index in [0.29, 0.717) is 45.3 Å². The molecule has 0 aromatic heterocycles. The van der Waals surface area contributed by atoms with Gasteiger partial charge in [-0.25, -0.2) is 13.1 Å². The van der Waals surface area contributed by atoms with Crippen molar-refractivity contribution in [3.05, 3.63) is 90.0 Å². The summed E-state index contributed by atoms with van der Waals surface area (Å²) in [5.74, 6) is -1.27. The SMILES string of the molecule is O=C(C1c2ccccc2-c2ccccc21)N(CCCCN1CCC(NS(=O)(=O)c2ccccc2)CC1)CC(F)(F)F. The molecule has 0 radical (unpaired) electrons. The largest absolute Gasteiger partial charge is 0.406 e. The Kier molecular flexibility index (Phi) is 8.82. The van der Waals surface area contributed by atoms with Crippen LogP contribution in [0.15, 0.2) is 83.8 Å². The zero-order valence-electron chi connectivity index (χ0n) is 22.7. The topological polar surface area (TPSA) is 69.7 Å². The summed E-state index contributed by atoms with van der Waals surface area (Å²) in [7, 11) is -3.57. The molecule has 1 saturated heterocycles. The minimum Gasteiger partial charge on any atom is -0.333 e. The van der Waals surface area contributed by atoms with Crippen LogP contribution in [0.25, 0.3) is 11.1 Å². The van der Waals surface area contributed by atoms with Gasteiger partial charge in [0.1, 0.15) is 6.54 Å². The molecule has 1 fully saturated rings. The summed E-state index contributed by atoms with van der Waals surface area (Å²) in [6.45, 7) is 0.819. The van der Waals surface area contributed by atoms with Crippen molar-refractivity contribution in [3.8, 4) is 11.1 Å². The first-order valence-electron chi connectivity index (χ1n) is 14.0. The van der Waals surface area contributed by atoms with Gasteiger partial charge in [-0.15, -0.1) is 0 Å². The molecule has 0 spiro atoms. The van der Waals surface area contributed by atoms with Crippen LogP contribution >= 0.6 is 0 Å². The van der Waals surface area contributed by atoms with E-state index in [1.54, 1.807) is 30.3 Å². The highest BCUT2D eigenvalue weighted by atomic mass is 32.2. The maximum Gasteiger partial charge on any atom is 0.406 e. The Morgan fingerprint density at radius 1 is 0.854 bits per heavy atom. The van der Waals surface area contributed by atoms with Crippen molar-refractivity contribution in [2.75, 3.05) is 32.7 Å². The van der Waals surface area contributed by atoms with Crippen LogP contribution in [0.3, 0.4) is 0 Å². The Bertz CT molecular complexity index is 1410. The molecule has 1 N–H and O–H groups in total. The van der Waals surface area contributed by atoms with E-state index < -0.39 is 34.6 Å². The number of rotatable bonds is 10. The minimum atomic E-state index is -4.50. The standard InChI is InChI=1S/C31H34F3N3O3S/c32-31(33,34)22-37(30(38)29-27-14-6-4-12-25(27)26-13-5-7-15-28(26)29)19-9-8-18-36-20-16-23(17-21-36)35-41(39,40)24-10-2-1-3-11-24/h1-7,10-15,23,29,35H,8-9,16-22H2. The number of hydrogen-bond acceptors (Lipinski definition) is 4. The Morgan fingerprint density at radius 3 is 2.00 bits per heavy atom. The minimum absolute atomic E-state index is 0.0204. The summed E-state index contributed by atoms with van der Waals surface area (Å²) in [5.41, 5.74) is 3.28. The number of sulfonamides is 1. The number of benzene rings is 3. The highest BCUT2D eigenvalue weighted by molar-refractivity contribution is 7.89. The number of likely N-dealkylation sites (tertiary alicyclic amines) is 1. The van der Waals surface area contributed by atoms with E-state index in [0.717, 1.165) is 27.2 Å². The van der Waals surface area contributed by atoms with Crippen molar-refractivity contribution < 1.29 is 26.4 Å². The van der Waals surface area contributed by atoms with Gasteiger partial charge in [-0.05, 0) is 79.7 Å². The molecule has 6 nitrogen and oxygen atoms in total. The first-order chi connectivity index (χ1) is 19.6. The van der Waals surface area contributed by atoms with Crippen molar-refractivity contribution in [1.82, 2.24) is 14.5 Å². The second-order valence-corrected chi connectivity index (χ2v) is 12.5. The molecule has 10 heteroatoms. The van der Waals surface area contributed by atoms with Crippen molar-refractivity contribution >= 4 is 15.9 Å². The van der Waals surface area contributed by atoms with E-state index in [-0.39, 0.29) is 17.5 Å². The Morgan fingerprint density at radius 2 is 1.41 bits per heavy atom. The molecule has 1 aliphatic carbocycles. The molecule has 5 rings (SSSR count). The van der Waals surface area contributed by atoms with Crippen LogP contribution in [0.1, 0.15) is 42.7 Å². The lowest BCUT2D eigenvalue weighted by atomic mass is 9.95. The monoisotopic (exact) mass is 585 g/mol. The van der Waals surface area contributed by atoms with E-state index in [1.165, 1.54) is 0 Å². The summed E-state index contributed by atoms with van der Waals surface area (Å²) in [5, 5.41) is 0. The first-order valence-corrected chi connectivity index (χ1v) is 15.4. The summed E-state index contributed by atoms with van der Waals surface area (Å²) in [6.07, 6.45) is -2.10. The van der Waals surface area contributed by atoms with E-state index in [9.17, 15) is 26.4 Å². The van der Waals surface area contributed by atoms with E-state index >= 15 is 0 Å². The number of amides is 1. The molecule has 0 atom stereocenters.